The lowest BCUT2D eigenvalue weighted by molar-refractivity contribution is -0.921. The zero-order chi connectivity index (χ0) is 16.9. The second-order valence-corrected chi connectivity index (χ2v) is 6.93. The highest BCUT2D eigenvalue weighted by molar-refractivity contribution is 5.79. The minimum absolute atomic E-state index is 0.191. The zero-order valence-corrected chi connectivity index (χ0v) is 14.8. The number of hydrogen-bond acceptors (Lipinski definition) is 3. The van der Waals surface area contributed by atoms with Crippen LogP contribution in [-0.4, -0.2) is 51.2 Å². The first kappa shape index (κ1) is 17.1. The van der Waals surface area contributed by atoms with E-state index in [-0.39, 0.29) is 5.92 Å². The van der Waals surface area contributed by atoms with Crippen molar-refractivity contribution in [3.63, 3.8) is 0 Å². The van der Waals surface area contributed by atoms with Gasteiger partial charge in [-0.15, -0.1) is 0 Å². The van der Waals surface area contributed by atoms with Crippen molar-refractivity contribution in [1.82, 2.24) is 4.90 Å². The molecule has 2 saturated heterocycles. The monoisotopic (exact) mass is 333 g/mol. The molecule has 1 N–H and O–H groups in total. The highest BCUT2D eigenvalue weighted by atomic mass is 16.5. The van der Waals surface area contributed by atoms with Gasteiger partial charge in [-0.25, -0.2) is 0 Å². The number of quaternary nitrogens is 1. The molecule has 2 aliphatic heterocycles. The molecule has 0 aromatic heterocycles. The highest BCUT2D eigenvalue weighted by Gasteiger charge is 2.33. The predicted octanol–water partition coefficient (Wildman–Crippen LogP) is 1.12. The summed E-state index contributed by atoms with van der Waals surface area (Å²) in [7, 11) is 3.36. The van der Waals surface area contributed by atoms with Crippen molar-refractivity contribution in [2.75, 3.05) is 40.4 Å². The van der Waals surface area contributed by atoms with Gasteiger partial charge in [0.15, 0.2) is 0 Å². The van der Waals surface area contributed by atoms with Crippen LogP contribution in [0.2, 0.25) is 0 Å². The van der Waals surface area contributed by atoms with Crippen molar-refractivity contribution >= 4 is 5.91 Å². The van der Waals surface area contributed by atoms with Gasteiger partial charge in [0.05, 0.1) is 33.2 Å². The molecule has 5 heteroatoms. The summed E-state index contributed by atoms with van der Waals surface area (Å²) in [5.41, 5.74) is 1.18. The van der Waals surface area contributed by atoms with E-state index in [0.29, 0.717) is 5.91 Å². The molecule has 0 aliphatic carbocycles. The number of rotatable bonds is 5. The number of nitrogens with one attached hydrogen (secondary N) is 1. The van der Waals surface area contributed by atoms with E-state index < -0.39 is 0 Å². The maximum atomic E-state index is 12.7. The van der Waals surface area contributed by atoms with Gasteiger partial charge in [0, 0.05) is 24.7 Å². The van der Waals surface area contributed by atoms with Crippen LogP contribution in [0.4, 0.5) is 0 Å². The third kappa shape index (κ3) is 3.83. The summed E-state index contributed by atoms with van der Waals surface area (Å²) in [6, 6.07) is 6.00. The molecular formula is C19H29N2O3+. The van der Waals surface area contributed by atoms with Crippen LogP contribution < -0.4 is 14.4 Å². The molecule has 2 heterocycles. The van der Waals surface area contributed by atoms with Crippen molar-refractivity contribution in [2.45, 2.75) is 32.2 Å². The number of carbonyl (C=O) groups excluding carboxylic acids is 1. The maximum Gasteiger partial charge on any atom is 0.231 e. The van der Waals surface area contributed by atoms with Crippen LogP contribution in [-0.2, 0) is 11.3 Å². The van der Waals surface area contributed by atoms with Crippen LogP contribution >= 0.6 is 0 Å². The van der Waals surface area contributed by atoms with E-state index in [1.807, 2.05) is 12.1 Å². The van der Waals surface area contributed by atoms with Crippen molar-refractivity contribution in [3.8, 4) is 11.5 Å². The maximum absolute atomic E-state index is 12.7. The summed E-state index contributed by atoms with van der Waals surface area (Å²) in [6.07, 6.45) is 4.49. The van der Waals surface area contributed by atoms with Gasteiger partial charge in [-0.1, -0.05) is 0 Å². The smallest absolute Gasteiger partial charge is 0.231 e. The van der Waals surface area contributed by atoms with Crippen molar-refractivity contribution in [1.29, 1.82) is 0 Å². The van der Waals surface area contributed by atoms with E-state index in [2.05, 4.69) is 11.0 Å². The second kappa shape index (κ2) is 7.88. The van der Waals surface area contributed by atoms with Crippen molar-refractivity contribution in [3.05, 3.63) is 23.8 Å². The van der Waals surface area contributed by atoms with Gasteiger partial charge < -0.3 is 19.3 Å². The molecule has 2 fully saturated rings. The van der Waals surface area contributed by atoms with Crippen LogP contribution in [0, 0.1) is 5.92 Å². The van der Waals surface area contributed by atoms with Crippen molar-refractivity contribution in [2.24, 2.45) is 5.92 Å². The summed E-state index contributed by atoms with van der Waals surface area (Å²) < 4.78 is 10.8. The van der Waals surface area contributed by atoms with E-state index in [1.165, 1.54) is 10.5 Å². The van der Waals surface area contributed by atoms with E-state index in [1.54, 1.807) is 14.2 Å². The lowest BCUT2D eigenvalue weighted by Crippen LogP contribution is -3.12. The van der Waals surface area contributed by atoms with Gasteiger partial charge in [0.1, 0.15) is 18.0 Å². The summed E-state index contributed by atoms with van der Waals surface area (Å²) >= 11 is 0. The lowest BCUT2D eigenvalue weighted by atomic mass is 9.96. The fraction of sp³-hybridized carbons (Fsp3) is 0.632. The number of benzene rings is 1. The van der Waals surface area contributed by atoms with Gasteiger partial charge in [0.2, 0.25) is 5.91 Å². The fourth-order valence-corrected chi connectivity index (χ4v) is 3.99. The first-order valence-electron chi connectivity index (χ1n) is 9.04. The minimum Gasteiger partial charge on any atom is -0.497 e. The molecule has 5 nitrogen and oxygen atoms in total. The Kier molecular flexibility index (Phi) is 5.61. The summed E-state index contributed by atoms with van der Waals surface area (Å²) in [5, 5.41) is 0. The largest absolute Gasteiger partial charge is 0.497 e. The van der Waals surface area contributed by atoms with Crippen LogP contribution in [0.15, 0.2) is 18.2 Å². The molecule has 1 aromatic rings. The molecule has 1 amide bonds. The lowest BCUT2D eigenvalue weighted by Gasteiger charge is -2.31. The number of hydrogen-bond donors (Lipinski definition) is 1. The Morgan fingerprint density at radius 2 is 2.00 bits per heavy atom. The number of nitrogens with zero attached hydrogens (tertiary/aromatic N) is 1. The Balaban J connectivity index is 1.64. The summed E-state index contributed by atoms with van der Waals surface area (Å²) in [4.78, 5) is 16.2. The summed E-state index contributed by atoms with van der Waals surface area (Å²) in [5.74, 6) is 2.25. The Morgan fingerprint density at radius 1 is 1.21 bits per heavy atom. The van der Waals surface area contributed by atoms with Crippen molar-refractivity contribution < 1.29 is 19.2 Å². The Labute approximate surface area is 144 Å². The van der Waals surface area contributed by atoms with Gasteiger partial charge in [0.25, 0.3) is 0 Å². The van der Waals surface area contributed by atoms with Gasteiger partial charge in [-0.05, 0) is 37.8 Å². The van der Waals surface area contributed by atoms with E-state index in [9.17, 15) is 4.79 Å². The Bertz CT molecular complexity index is 570. The molecule has 132 valence electrons. The molecule has 1 unspecified atom stereocenters. The van der Waals surface area contributed by atoms with Gasteiger partial charge in [-0.2, -0.15) is 0 Å². The first-order valence-corrected chi connectivity index (χ1v) is 9.04. The van der Waals surface area contributed by atoms with Crippen LogP contribution in [0.3, 0.4) is 0 Å². The van der Waals surface area contributed by atoms with Crippen LogP contribution in [0.25, 0.3) is 0 Å². The standard InChI is InChI=1S/C19H28N2O3/c1-23-17-8-7-15(18(12-17)24-2)13-20-9-5-6-16(14-20)19(22)21-10-3-4-11-21/h7-8,12,16H,3-6,9-11,13-14H2,1-2H3/p+1/t16-/m1/s1. The second-order valence-electron chi connectivity index (χ2n) is 6.93. The average Bonchev–Trinajstić information content (AvgIpc) is 3.16. The number of piperidine rings is 1. The predicted molar refractivity (Wildman–Crippen MR) is 92.5 cm³/mol. The zero-order valence-electron chi connectivity index (χ0n) is 14.8. The molecule has 2 atom stereocenters. The Hall–Kier alpha value is -1.75. The number of likely N-dealkylation sites (tertiary alicyclic amines) is 2. The minimum atomic E-state index is 0.191. The fourth-order valence-electron chi connectivity index (χ4n) is 3.99. The van der Waals surface area contributed by atoms with Gasteiger partial charge >= 0.3 is 0 Å². The highest BCUT2D eigenvalue weighted by Crippen LogP contribution is 2.24. The molecule has 24 heavy (non-hydrogen) atoms. The molecule has 1 aromatic carbocycles. The molecule has 0 radical (unpaired) electrons. The van der Waals surface area contributed by atoms with Crippen LogP contribution in [0.5, 0.6) is 11.5 Å². The topological polar surface area (TPSA) is 43.2 Å². The van der Waals surface area contributed by atoms with Crippen LogP contribution in [0.1, 0.15) is 31.2 Å². The molecule has 0 saturated carbocycles. The number of methoxy groups -OCH3 is 2. The normalized spacial score (nSPS) is 24.0. The SMILES string of the molecule is COc1ccc(C[NH+]2CCC[C@@H](C(=O)N3CCCC3)C2)c(OC)c1. The number of amides is 1. The molecular weight excluding hydrogens is 304 g/mol. The molecule has 2 aliphatic rings. The molecule has 3 rings (SSSR count). The van der Waals surface area contributed by atoms with E-state index in [4.69, 9.17) is 9.47 Å². The average molecular weight is 333 g/mol. The van der Waals surface area contributed by atoms with E-state index in [0.717, 1.165) is 69.9 Å². The third-order valence-corrected chi connectivity index (χ3v) is 5.32. The number of carbonyl (C=O) groups is 1. The van der Waals surface area contributed by atoms with Gasteiger partial charge in [-0.3, -0.25) is 4.79 Å². The quantitative estimate of drug-likeness (QED) is 0.878. The Morgan fingerprint density at radius 3 is 2.71 bits per heavy atom. The molecule has 0 spiro atoms. The first-order chi connectivity index (χ1) is 11.7. The molecule has 0 bridgehead atoms. The van der Waals surface area contributed by atoms with E-state index >= 15 is 0 Å². The third-order valence-electron chi connectivity index (χ3n) is 5.32. The summed E-state index contributed by atoms with van der Waals surface area (Å²) in [6.45, 7) is 4.87. The number of ether oxygens (including phenoxy) is 2.